The Bertz CT molecular complexity index is 865. The molecule has 4 heteroatoms. The molecule has 22 heavy (non-hydrogen) atoms. The molecular weight excluding hydrogens is 278 g/mol. The Morgan fingerprint density at radius 1 is 1.14 bits per heavy atom. The molecule has 1 aliphatic rings. The van der Waals surface area contributed by atoms with Gasteiger partial charge < -0.3 is 9.15 Å². The number of anilines is 1. The highest BCUT2D eigenvalue weighted by Crippen LogP contribution is 2.35. The standard InChI is InChI=1S/C18H17NO3/c1-11(2)15-10-21-18(20)19(15)17-9-14-13-6-4-3-5-12(13)7-8-16(14)22-17/h3-9,11,15H,10H2,1-2H3/t15-/m0/s1. The molecule has 2 heterocycles. The van der Waals surface area contributed by atoms with Crippen LogP contribution in [0.1, 0.15) is 13.8 Å². The van der Waals surface area contributed by atoms with Gasteiger partial charge in [-0.25, -0.2) is 9.69 Å². The molecule has 3 aromatic rings. The molecule has 0 bridgehead atoms. The predicted molar refractivity (Wildman–Crippen MR) is 86.2 cm³/mol. The van der Waals surface area contributed by atoms with Gasteiger partial charge >= 0.3 is 6.09 Å². The van der Waals surface area contributed by atoms with Crippen LogP contribution in [0.2, 0.25) is 0 Å². The number of carbonyl (C=O) groups excluding carboxylic acids is 1. The molecule has 1 amide bonds. The largest absolute Gasteiger partial charge is 0.447 e. The van der Waals surface area contributed by atoms with Gasteiger partial charge in [-0.05, 0) is 22.8 Å². The van der Waals surface area contributed by atoms with Crippen LogP contribution in [0.4, 0.5) is 10.7 Å². The van der Waals surface area contributed by atoms with Crippen LogP contribution < -0.4 is 4.90 Å². The van der Waals surface area contributed by atoms with Crippen molar-refractivity contribution in [2.45, 2.75) is 19.9 Å². The molecule has 1 fully saturated rings. The zero-order valence-corrected chi connectivity index (χ0v) is 12.6. The lowest BCUT2D eigenvalue weighted by Gasteiger charge is -2.21. The average Bonchev–Trinajstić information content (AvgIpc) is 3.10. The molecule has 0 saturated carbocycles. The van der Waals surface area contributed by atoms with E-state index in [-0.39, 0.29) is 12.1 Å². The van der Waals surface area contributed by atoms with E-state index in [1.165, 1.54) is 0 Å². The maximum absolute atomic E-state index is 12.1. The lowest BCUT2D eigenvalue weighted by molar-refractivity contribution is 0.177. The zero-order chi connectivity index (χ0) is 15.3. The number of hydrogen-bond donors (Lipinski definition) is 0. The Kier molecular flexibility index (Phi) is 2.86. The summed E-state index contributed by atoms with van der Waals surface area (Å²) in [5.41, 5.74) is 0.788. The van der Waals surface area contributed by atoms with Gasteiger partial charge in [0.15, 0.2) is 0 Å². The van der Waals surface area contributed by atoms with Crippen LogP contribution in [0.15, 0.2) is 46.9 Å². The molecule has 1 atom stereocenters. The number of ether oxygens (including phenoxy) is 1. The summed E-state index contributed by atoms with van der Waals surface area (Å²) in [6.45, 7) is 4.57. The van der Waals surface area contributed by atoms with E-state index in [4.69, 9.17) is 9.15 Å². The summed E-state index contributed by atoms with van der Waals surface area (Å²) < 4.78 is 11.1. The molecule has 0 radical (unpaired) electrons. The first-order valence-electron chi connectivity index (χ1n) is 7.52. The predicted octanol–water partition coefficient (Wildman–Crippen LogP) is 4.57. The summed E-state index contributed by atoms with van der Waals surface area (Å²) >= 11 is 0. The van der Waals surface area contributed by atoms with Gasteiger partial charge in [0.05, 0.1) is 6.04 Å². The van der Waals surface area contributed by atoms with Crippen molar-refractivity contribution < 1.29 is 13.9 Å². The smallest absolute Gasteiger partial charge is 0.417 e. The van der Waals surface area contributed by atoms with Crippen molar-refractivity contribution >= 4 is 33.7 Å². The monoisotopic (exact) mass is 295 g/mol. The number of rotatable bonds is 2. The third-order valence-corrected chi connectivity index (χ3v) is 4.33. The van der Waals surface area contributed by atoms with E-state index < -0.39 is 0 Å². The quantitative estimate of drug-likeness (QED) is 0.695. The van der Waals surface area contributed by atoms with Crippen molar-refractivity contribution in [3.63, 3.8) is 0 Å². The minimum Gasteiger partial charge on any atom is -0.447 e. The number of fused-ring (bicyclic) bond motifs is 3. The normalized spacial score (nSPS) is 18.6. The third kappa shape index (κ3) is 1.87. The Morgan fingerprint density at radius 3 is 2.77 bits per heavy atom. The molecule has 4 nitrogen and oxygen atoms in total. The third-order valence-electron chi connectivity index (χ3n) is 4.33. The highest BCUT2D eigenvalue weighted by Gasteiger charge is 2.38. The number of hydrogen-bond acceptors (Lipinski definition) is 3. The van der Waals surface area contributed by atoms with Gasteiger partial charge in [0.1, 0.15) is 12.2 Å². The molecule has 1 aromatic heterocycles. The van der Waals surface area contributed by atoms with Crippen molar-refractivity contribution in [2.24, 2.45) is 5.92 Å². The van der Waals surface area contributed by atoms with Gasteiger partial charge in [-0.2, -0.15) is 0 Å². The van der Waals surface area contributed by atoms with E-state index in [0.717, 1.165) is 21.7 Å². The molecular formula is C18H17NO3. The van der Waals surface area contributed by atoms with Crippen LogP contribution in [0.3, 0.4) is 0 Å². The van der Waals surface area contributed by atoms with Gasteiger partial charge in [0, 0.05) is 11.5 Å². The van der Waals surface area contributed by atoms with Gasteiger partial charge in [0.25, 0.3) is 0 Å². The fraction of sp³-hybridized carbons (Fsp3) is 0.278. The molecule has 1 aliphatic heterocycles. The van der Waals surface area contributed by atoms with E-state index in [9.17, 15) is 4.79 Å². The minimum atomic E-state index is -0.331. The second kappa shape index (κ2) is 4.77. The number of cyclic esters (lactones) is 1. The van der Waals surface area contributed by atoms with E-state index in [0.29, 0.717) is 18.4 Å². The summed E-state index contributed by atoms with van der Waals surface area (Å²) in [4.78, 5) is 13.7. The Labute approximate surface area is 128 Å². The molecule has 0 aliphatic carbocycles. The summed E-state index contributed by atoms with van der Waals surface area (Å²) in [6, 6.07) is 14.1. The number of carbonyl (C=O) groups is 1. The van der Waals surface area contributed by atoms with Crippen LogP contribution in [0.5, 0.6) is 0 Å². The average molecular weight is 295 g/mol. The topological polar surface area (TPSA) is 42.7 Å². The fourth-order valence-corrected chi connectivity index (χ4v) is 3.08. The van der Waals surface area contributed by atoms with E-state index >= 15 is 0 Å². The van der Waals surface area contributed by atoms with Crippen LogP contribution in [-0.4, -0.2) is 18.7 Å². The maximum Gasteiger partial charge on any atom is 0.417 e. The molecule has 2 aromatic carbocycles. The number of benzene rings is 2. The van der Waals surface area contributed by atoms with Gasteiger partial charge in [-0.3, -0.25) is 0 Å². The van der Waals surface area contributed by atoms with Crippen molar-refractivity contribution in [1.29, 1.82) is 0 Å². The van der Waals surface area contributed by atoms with Crippen LogP contribution in [0.25, 0.3) is 21.7 Å². The highest BCUT2D eigenvalue weighted by molar-refractivity contribution is 6.07. The summed E-state index contributed by atoms with van der Waals surface area (Å²) in [5, 5.41) is 3.31. The van der Waals surface area contributed by atoms with Crippen molar-refractivity contribution in [3.8, 4) is 0 Å². The van der Waals surface area contributed by atoms with E-state index in [1.807, 2.05) is 30.3 Å². The molecule has 0 spiro atoms. The summed E-state index contributed by atoms with van der Waals surface area (Å²) in [5.74, 6) is 0.865. The Morgan fingerprint density at radius 2 is 1.95 bits per heavy atom. The Balaban J connectivity index is 1.89. The second-order valence-electron chi connectivity index (χ2n) is 6.04. The molecule has 0 unspecified atom stereocenters. The Hall–Kier alpha value is -2.49. The van der Waals surface area contributed by atoms with Gasteiger partial charge in [0.2, 0.25) is 5.88 Å². The van der Waals surface area contributed by atoms with Crippen LogP contribution in [0, 0.1) is 5.92 Å². The second-order valence-corrected chi connectivity index (χ2v) is 6.04. The number of furan rings is 1. The molecule has 112 valence electrons. The lowest BCUT2D eigenvalue weighted by Crippen LogP contribution is -2.36. The van der Waals surface area contributed by atoms with Crippen LogP contribution >= 0.6 is 0 Å². The summed E-state index contributed by atoms with van der Waals surface area (Å²) in [6.07, 6.45) is -0.331. The van der Waals surface area contributed by atoms with Crippen LogP contribution in [-0.2, 0) is 4.74 Å². The first kappa shape index (κ1) is 13.2. The van der Waals surface area contributed by atoms with Gasteiger partial charge in [-0.15, -0.1) is 0 Å². The van der Waals surface area contributed by atoms with E-state index in [1.54, 1.807) is 4.90 Å². The number of amides is 1. The summed E-state index contributed by atoms with van der Waals surface area (Å²) in [7, 11) is 0. The van der Waals surface area contributed by atoms with Gasteiger partial charge in [-0.1, -0.05) is 44.2 Å². The highest BCUT2D eigenvalue weighted by atomic mass is 16.6. The van der Waals surface area contributed by atoms with Crippen molar-refractivity contribution in [1.82, 2.24) is 0 Å². The first-order valence-corrected chi connectivity index (χ1v) is 7.52. The van der Waals surface area contributed by atoms with Crippen molar-refractivity contribution in [3.05, 3.63) is 42.5 Å². The number of nitrogens with zero attached hydrogens (tertiary/aromatic N) is 1. The molecule has 1 saturated heterocycles. The maximum atomic E-state index is 12.1. The minimum absolute atomic E-state index is 0.0133. The van der Waals surface area contributed by atoms with Crippen molar-refractivity contribution in [2.75, 3.05) is 11.5 Å². The SMILES string of the molecule is CC(C)[C@@H]1COC(=O)N1c1cc2c(ccc3ccccc32)o1. The zero-order valence-electron chi connectivity index (χ0n) is 12.6. The molecule has 4 rings (SSSR count). The van der Waals surface area contributed by atoms with E-state index in [2.05, 4.69) is 26.0 Å². The lowest BCUT2D eigenvalue weighted by atomic mass is 10.0. The molecule has 0 N–H and O–H groups in total. The fourth-order valence-electron chi connectivity index (χ4n) is 3.08. The first-order chi connectivity index (χ1) is 10.6.